The van der Waals surface area contributed by atoms with Crippen molar-refractivity contribution >= 4 is 39.1 Å². The molecule has 0 bridgehead atoms. The van der Waals surface area contributed by atoms with Crippen LogP contribution in [0, 0.1) is 0 Å². The number of ether oxygens (including phenoxy) is 5. The predicted molar refractivity (Wildman–Crippen MR) is 191 cm³/mol. The normalized spacial score (nSPS) is 18.5. The first-order chi connectivity index (χ1) is 24.4. The lowest BCUT2D eigenvalue weighted by Gasteiger charge is -2.47. The minimum Gasteiger partial charge on any atom is -0.497 e. The largest absolute Gasteiger partial charge is 0.497 e. The van der Waals surface area contributed by atoms with Crippen LogP contribution in [-0.4, -0.2) is 85.7 Å². The van der Waals surface area contributed by atoms with E-state index in [-0.39, 0.29) is 45.8 Å². The van der Waals surface area contributed by atoms with Gasteiger partial charge in [0.2, 0.25) is 5.91 Å². The van der Waals surface area contributed by atoms with Crippen molar-refractivity contribution in [2.24, 2.45) is 0 Å². The molecule has 0 N–H and O–H groups in total. The first kappa shape index (κ1) is 35.8. The molecule has 0 saturated heterocycles. The zero-order valence-corrected chi connectivity index (χ0v) is 30.8. The van der Waals surface area contributed by atoms with Crippen LogP contribution in [-0.2, 0) is 38.1 Å². The fourth-order valence-corrected chi connectivity index (χ4v) is 8.87. The Hall–Kier alpha value is -4.98. The first-order valence-electron chi connectivity index (χ1n) is 15.9. The summed E-state index contributed by atoms with van der Waals surface area (Å²) in [6, 6.07) is 18.3. The van der Waals surface area contributed by atoms with Gasteiger partial charge in [0.1, 0.15) is 22.1 Å². The number of likely N-dealkylation sites (N-methyl/N-ethyl adjacent to an activating group) is 1. The lowest BCUT2D eigenvalue weighted by atomic mass is 9.77. The molecule has 2 atom stereocenters. The van der Waals surface area contributed by atoms with E-state index < -0.39 is 27.5 Å². The molecule has 0 saturated carbocycles. The molecule has 4 aromatic rings. The number of benzene rings is 4. The summed E-state index contributed by atoms with van der Waals surface area (Å²) in [6.07, 6.45) is 0.159. The molecule has 2 heterocycles. The van der Waals surface area contributed by atoms with E-state index in [2.05, 4.69) is 0 Å². The van der Waals surface area contributed by atoms with Gasteiger partial charge in [-0.25, -0.2) is 12.7 Å². The van der Waals surface area contributed by atoms with E-state index in [1.54, 1.807) is 49.3 Å². The molecule has 2 amide bonds. The van der Waals surface area contributed by atoms with E-state index in [0.29, 0.717) is 28.6 Å². The Bertz CT molecular complexity index is 2140. The van der Waals surface area contributed by atoms with Gasteiger partial charge < -0.3 is 28.6 Å². The minimum absolute atomic E-state index is 0.0232. The Kier molecular flexibility index (Phi) is 9.57. The molecule has 51 heavy (non-hydrogen) atoms. The molecule has 0 aliphatic carbocycles. The van der Waals surface area contributed by atoms with Crippen molar-refractivity contribution in [3.8, 4) is 28.7 Å². The van der Waals surface area contributed by atoms with Gasteiger partial charge in [-0.2, -0.15) is 0 Å². The van der Waals surface area contributed by atoms with Crippen LogP contribution in [0.1, 0.15) is 22.3 Å². The minimum atomic E-state index is -4.69. The van der Waals surface area contributed by atoms with Crippen LogP contribution in [0.15, 0.2) is 77.7 Å². The summed E-state index contributed by atoms with van der Waals surface area (Å²) in [5.41, 5.74) is 0.229. The Morgan fingerprint density at radius 3 is 2.06 bits per heavy atom. The van der Waals surface area contributed by atoms with Gasteiger partial charge in [-0.15, -0.1) is 0 Å². The summed E-state index contributed by atoms with van der Waals surface area (Å²) in [5.74, 6) is 0.408. The predicted octanol–water partition coefficient (Wildman–Crippen LogP) is 4.88. The van der Waals surface area contributed by atoms with Gasteiger partial charge in [0.15, 0.2) is 17.0 Å². The van der Waals surface area contributed by atoms with E-state index in [4.69, 9.17) is 35.3 Å². The summed E-state index contributed by atoms with van der Waals surface area (Å²) in [7, 11) is 5.87. The number of anilines is 1. The molecular formula is C37H38ClN3O9S. The zero-order valence-electron chi connectivity index (χ0n) is 29.2. The highest BCUT2D eigenvalue weighted by Gasteiger charge is 2.63. The second-order valence-corrected chi connectivity index (χ2v) is 14.4. The zero-order chi connectivity index (χ0) is 36.8. The summed E-state index contributed by atoms with van der Waals surface area (Å²) < 4.78 is 58.5. The number of amides is 2. The molecule has 0 radical (unpaired) electrons. The molecule has 2 aliphatic heterocycles. The molecule has 0 spiro atoms. The maximum absolute atomic E-state index is 15.8. The van der Waals surface area contributed by atoms with Crippen molar-refractivity contribution < 1.29 is 41.7 Å². The lowest BCUT2D eigenvalue weighted by molar-refractivity contribution is -0.141. The molecule has 268 valence electrons. The number of hydrogen-bond acceptors (Lipinski definition) is 10. The molecule has 2 aliphatic rings. The maximum atomic E-state index is 15.8. The maximum Gasteiger partial charge on any atom is 0.274 e. The van der Waals surface area contributed by atoms with Crippen molar-refractivity contribution in [3.63, 3.8) is 0 Å². The summed E-state index contributed by atoms with van der Waals surface area (Å²) in [4.78, 5) is 33.0. The number of carbonyl (C=O) groups excluding carboxylic acids is 2. The van der Waals surface area contributed by atoms with Gasteiger partial charge in [-0.1, -0.05) is 29.8 Å². The number of fused-ring (bicyclic) bond motifs is 2. The molecular weight excluding hydrogens is 698 g/mol. The van der Waals surface area contributed by atoms with Gasteiger partial charge in [-0.05, 0) is 66.1 Å². The van der Waals surface area contributed by atoms with E-state index in [9.17, 15) is 13.2 Å². The van der Waals surface area contributed by atoms with Crippen molar-refractivity contribution in [2.45, 2.75) is 29.4 Å². The van der Waals surface area contributed by atoms with Gasteiger partial charge in [-0.3, -0.25) is 14.5 Å². The average Bonchev–Trinajstić information content (AvgIpc) is 3.40. The Labute approximate surface area is 302 Å². The van der Waals surface area contributed by atoms with Gasteiger partial charge in [0.25, 0.3) is 15.9 Å². The number of para-hydroxylation sites is 1. The van der Waals surface area contributed by atoms with E-state index in [0.717, 1.165) is 15.4 Å². The summed E-state index contributed by atoms with van der Waals surface area (Å²) >= 11 is 6.69. The van der Waals surface area contributed by atoms with Crippen molar-refractivity contribution in [3.05, 3.63) is 100 Å². The van der Waals surface area contributed by atoms with Crippen molar-refractivity contribution in [1.29, 1.82) is 0 Å². The number of rotatable bonds is 10. The smallest absolute Gasteiger partial charge is 0.274 e. The number of carbonyl (C=O) groups is 2. The SMILES string of the molecule is COc1ccc(S(=O)(=O)N2C(=O)C(c3ccccc3OC)(N3Cc4cc(OC)c(OC)cc4C[C@H]3C(=O)N(C)C)c3cc(Cl)ccc32)c(OC)c1. The molecule has 4 aromatic carbocycles. The van der Waals surface area contributed by atoms with Crippen molar-refractivity contribution in [1.82, 2.24) is 9.80 Å². The van der Waals surface area contributed by atoms with Crippen LogP contribution in [0.5, 0.6) is 28.7 Å². The van der Waals surface area contributed by atoms with E-state index in [1.807, 2.05) is 12.1 Å². The third-order valence-electron chi connectivity index (χ3n) is 9.44. The number of sulfonamides is 1. The topological polar surface area (TPSA) is 124 Å². The molecule has 0 fully saturated rings. The number of methoxy groups -OCH3 is 5. The molecule has 12 nitrogen and oxygen atoms in total. The number of hydrogen-bond donors (Lipinski definition) is 0. The third-order valence-corrected chi connectivity index (χ3v) is 11.4. The Morgan fingerprint density at radius 2 is 1.43 bits per heavy atom. The van der Waals surface area contributed by atoms with E-state index in [1.165, 1.54) is 70.8 Å². The van der Waals surface area contributed by atoms with Crippen LogP contribution < -0.4 is 28.0 Å². The number of nitrogens with zero attached hydrogens (tertiary/aromatic N) is 3. The Balaban J connectivity index is 1.71. The van der Waals surface area contributed by atoms with Crippen LogP contribution in [0.4, 0.5) is 5.69 Å². The van der Waals surface area contributed by atoms with Crippen LogP contribution >= 0.6 is 11.6 Å². The molecule has 0 aromatic heterocycles. The van der Waals surface area contributed by atoms with Gasteiger partial charge >= 0.3 is 0 Å². The quantitative estimate of drug-likeness (QED) is 0.223. The molecule has 1 unspecified atom stereocenters. The fourth-order valence-electron chi connectivity index (χ4n) is 7.09. The monoisotopic (exact) mass is 735 g/mol. The van der Waals surface area contributed by atoms with E-state index >= 15 is 4.79 Å². The second-order valence-electron chi connectivity index (χ2n) is 12.2. The molecule has 6 rings (SSSR count). The average molecular weight is 736 g/mol. The van der Waals surface area contributed by atoms with Crippen LogP contribution in [0.25, 0.3) is 0 Å². The van der Waals surface area contributed by atoms with Crippen LogP contribution in [0.3, 0.4) is 0 Å². The van der Waals surface area contributed by atoms with Crippen molar-refractivity contribution in [2.75, 3.05) is 53.9 Å². The first-order valence-corrected chi connectivity index (χ1v) is 17.7. The van der Waals surface area contributed by atoms with Gasteiger partial charge in [0, 0.05) is 42.9 Å². The fraction of sp³-hybridized carbons (Fsp3) is 0.297. The van der Waals surface area contributed by atoms with Crippen LogP contribution in [0.2, 0.25) is 5.02 Å². The van der Waals surface area contributed by atoms with Gasteiger partial charge in [0.05, 0.1) is 47.3 Å². The highest BCUT2D eigenvalue weighted by molar-refractivity contribution is 7.93. The molecule has 14 heteroatoms. The Morgan fingerprint density at radius 1 is 0.784 bits per heavy atom. The highest BCUT2D eigenvalue weighted by atomic mass is 35.5. The number of halogens is 1. The summed E-state index contributed by atoms with van der Waals surface area (Å²) in [5, 5.41) is 0.251. The lowest BCUT2D eigenvalue weighted by Crippen LogP contribution is -2.62. The summed E-state index contributed by atoms with van der Waals surface area (Å²) in [6.45, 7) is 0.0232. The standard InChI is InChI=1S/C37H38ClN3O9S/c1-39(2)35(42)29-16-22-17-31(48-5)32(49-6)18-23(22)21-40(29)37(26-10-8-9-11-30(26)47-4)27-19-24(38)12-14-28(27)41(36(37)43)51(44,45)34-15-13-25(46-3)20-33(34)50-7/h8-15,17-20,29H,16,21H2,1-7H3/t29-,37?/m0/s1. The third kappa shape index (κ3) is 5.60. The highest BCUT2D eigenvalue weighted by Crippen LogP contribution is 2.55. The second kappa shape index (κ2) is 13.6.